The first-order chi connectivity index (χ1) is 7.38. The van der Waals surface area contributed by atoms with Crippen molar-refractivity contribution in [3.05, 3.63) is 23.8 Å². The molecule has 1 heterocycles. The number of hydrogen-bond acceptors (Lipinski definition) is 4. The van der Waals surface area contributed by atoms with Crippen LogP contribution in [0.5, 0.6) is 0 Å². The van der Waals surface area contributed by atoms with Crippen molar-refractivity contribution in [1.82, 2.24) is 9.97 Å². The molecule has 1 aromatic heterocycles. The maximum Gasteiger partial charge on any atom is 0.104 e. The van der Waals surface area contributed by atoms with E-state index >= 15 is 0 Å². The molecule has 0 spiro atoms. The lowest BCUT2D eigenvalue weighted by Crippen LogP contribution is -2.17. The minimum absolute atomic E-state index is 0.395. The van der Waals surface area contributed by atoms with Gasteiger partial charge >= 0.3 is 0 Å². The van der Waals surface area contributed by atoms with Gasteiger partial charge in [-0.3, -0.25) is 9.97 Å². The van der Waals surface area contributed by atoms with Crippen LogP contribution >= 0.6 is 25.3 Å². The molecule has 0 aromatic carbocycles. The Hall–Kier alpha value is -0.155. The molecular formula is C11H19BN2S2. The van der Waals surface area contributed by atoms with Gasteiger partial charge in [0.25, 0.3) is 0 Å². The Morgan fingerprint density at radius 3 is 2.12 bits per heavy atom. The summed E-state index contributed by atoms with van der Waals surface area (Å²) in [4.78, 5) is 8.52. The molecule has 0 atom stereocenters. The Kier molecular flexibility index (Phi) is 7.16. The number of thiol groups is 2. The monoisotopic (exact) mass is 254 g/mol. The quantitative estimate of drug-likeness (QED) is 0.493. The van der Waals surface area contributed by atoms with Gasteiger partial charge in [0.05, 0.1) is 11.4 Å². The van der Waals surface area contributed by atoms with E-state index in [0.29, 0.717) is 12.3 Å². The average molecular weight is 254 g/mol. The Morgan fingerprint density at radius 2 is 1.81 bits per heavy atom. The minimum Gasteiger partial charge on any atom is -0.258 e. The van der Waals surface area contributed by atoms with Gasteiger partial charge in [0.15, 0.2) is 0 Å². The molecule has 0 unspecified atom stereocenters. The molecule has 88 valence electrons. The highest BCUT2D eigenvalue weighted by Crippen LogP contribution is 2.19. The highest BCUT2D eigenvalue weighted by atomic mass is 32.2. The fourth-order valence-electron chi connectivity index (χ4n) is 1.02. The maximum atomic E-state index is 5.63. The Bertz CT molecular complexity index is 294. The number of aromatic nitrogens is 2. The first-order valence-corrected chi connectivity index (χ1v) is 6.32. The standard InChI is InChI=1S/C9H13BN2S2.C2H6/c1-6(2)8-5-11-7(4-12-8)3-9(10,13)14;1-2/h4-6,13-14H,3H2,1-2H3;1-2H3. The van der Waals surface area contributed by atoms with Crippen LogP contribution in [0.2, 0.25) is 0 Å². The number of rotatable bonds is 3. The van der Waals surface area contributed by atoms with Crippen LogP contribution in [0.3, 0.4) is 0 Å². The molecule has 0 saturated carbocycles. The van der Waals surface area contributed by atoms with Crippen molar-refractivity contribution < 1.29 is 0 Å². The second-order valence-electron chi connectivity index (χ2n) is 3.64. The van der Waals surface area contributed by atoms with Crippen molar-refractivity contribution in [2.24, 2.45) is 0 Å². The van der Waals surface area contributed by atoms with Crippen molar-refractivity contribution >= 4 is 33.1 Å². The smallest absolute Gasteiger partial charge is 0.104 e. The molecule has 1 rings (SSSR count). The summed E-state index contributed by atoms with van der Waals surface area (Å²) >= 11 is 8.21. The molecule has 2 radical (unpaired) electrons. The van der Waals surface area contributed by atoms with E-state index in [4.69, 9.17) is 7.85 Å². The van der Waals surface area contributed by atoms with Crippen molar-refractivity contribution in [2.75, 3.05) is 0 Å². The summed E-state index contributed by atoms with van der Waals surface area (Å²) in [7, 11) is 5.63. The summed E-state index contributed by atoms with van der Waals surface area (Å²) in [5.74, 6) is 0.395. The van der Waals surface area contributed by atoms with E-state index in [1.807, 2.05) is 13.8 Å². The Morgan fingerprint density at radius 1 is 1.25 bits per heavy atom. The van der Waals surface area contributed by atoms with Crippen molar-refractivity contribution in [1.29, 1.82) is 0 Å². The normalized spacial score (nSPS) is 10.9. The molecule has 0 fully saturated rings. The lowest BCUT2D eigenvalue weighted by Gasteiger charge is -2.15. The summed E-state index contributed by atoms with van der Waals surface area (Å²) in [5, 5.41) is 0. The van der Waals surface area contributed by atoms with Gasteiger partial charge < -0.3 is 0 Å². The second kappa shape index (κ2) is 7.23. The Balaban J connectivity index is 0.00000106. The lowest BCUT2D eigenvalue weighted by molar-refractivity contribution is 0.799. The van der Waals surface area contributed by atoms with E-state index in [-0.39, 0.29) is 0 Å². The third kappa shape index (κ3) is 6.43. The first-order valence-electron chi connectivity index (χ1n) is 5.43. The van der Waals surface area contributed by atoms with E-state index in [2.05, 4.69) is 49.1 Å². The van der Waals surface area contributed by atoms with Crippen molar-refractivity contribution in [2.45, 2.75) is 44.0 Å². The second-order valence-corrected chi connectivity index (χ2v) is 5.59. The van der Waals surface area contributed by atoms with Gasteiger partial charge in [-0.2, -0.15) is 25.3 Å². The van der Waals surface area contributed by atoms with Crippen LogP contribution in [0.4, 0.5) is 0 Å². The fourth-order valence-corrected chi connectivity index (χ4v) is 1.34. The molecule has 0 amide bonds. The van der Waals surface area contributed by atoms with Crippen LogP contribution in [0, 0.1) is 0 Å². The van der Waals surface area contributed by atoms with Gasteiger partial charge in [0.1, 0.15) is 7.85 Å². The molecule has 16 heavy (non-hydrogen) atoms. The number of hydrogen-bond donors (Lipinski definition) is 2. The lowest BCUT2D eigenvalue weighted by atomic mass is 9.98. The Labute approximate surface area is 111 Å². The van der Waals surface area contributed by atoms with E-state index in [0.717, 1.165) is 11.4 Å². The molecule has 5 heteroatoms. The molecule has 0 aliphatic heterocycles. The molecule has 0 aliphatic carbocycles. The van der Waals surface area contributed by atoms with Crippen LogP contribution in [-0.4, -0.2) is 21.8 Å². The zero-order valence-electron chi connectivity index (χ0n) is 10.3. The molecule has 2 nitrogen and oxygen atoms in total. The predicted octanol–water partition coefficient (Wildman–Crippen LogP) is 2.85. The van der Waals surface area contributed by atoms with Crippen molar-refractivity contribution in [3.8, 4) is 0 Å². The van der Waals surface area contributed by atoms with E-state index in [1.54, 1.807) is 12.4 Å². The highest BCUT2D eigenvalue weighted by molar-refractivity contribution is 8.02. The summed E-state index contributed by atoms with van der Waals surface area (Å²) in [6, 6.07) is 0. The topological polar surface area (TPSA) is 25.8 Å². The van der Waals surface area contributed by atoms with Crippen LogP contribution in [0.15, 0.2) is 12.4 Å². The van der Waals surface area contributed by atoms with Gasteiger partial charge in [0, 0.05) is 22.8 Å². The van der Waals surface area contributed by atoms with Gasteiger partial charge in [-0.05, 0) is 5.92 Å². The maximum absolute atomic E-state index is 5.63. The third-order valence-electron chi connectivity index (χ3n) is 1.76. The van der Waals surface area contributed by atoms with Crippen LogP contribution in [0.25, 0.3) is 0 Å². The highest BCUT2D eigenvalue weighted by Gasteiger charge is 2.14. The largest absolute Gasteiger partial charge is 0.258 e. The van der Waals surface area contributed by atoms with Crippen LogP contribution in [-0.2, 0) is 6.42 Å². The molecule has 0 aliphatic rings. The molecule has 0 saturated heterocycles. The molecule has 0 bridgehead atoms. The SMILES string of the molecule is CC.[B]C(S)(S)Cc1cnc(C(C)C)cn1. The third-order valence-corrected chi connectivity index (χ3v) is 2.07. The van der Waals surface area contributed by atoms with Crippen LogP contribution < -0.4 is 0 Å². The summed E-state index contributed by atoms with van der Waals surface area (Å²) in [6.07, 6.45) is 3.99. The van der Waals surface area contributed by atoms with Gasteiger partial charge in [-0.1, -0.05) is 27.7 Å². The fraction of sp³-hybridized carbons (Fsp3) is 0.636. The zero-order valence-corrected chi connectivity index (χ0v) is 12.1. The first kappa shape index (κ1) is 15.8. The van der Waals surface area contributed by atoms with Gasteiger partial charge in [-0.25, -0.2) is 0 Å². The summed E-state index contributed by atoms with van der Waals surface area (Å²) < 4.78 is -0.825. The van der Waals surface area contributed by atoms with E-state index < -0.39 is 3.98 Å². The summed E-state index contributed by atoms with van der Waals surface area (Å²) in [6.45, 7) is 8.16. The molecular weight excluding hydrogens is 235 g/mol. The number of nitrogens with zero attached hydrogens (tertiary/aromatic N) is 2. The van der Waals surface area contributed by atoms with Gasteiger partial charge in [-0.15, -0.1) is 0 Å². The van der Waals surface area contributed by atoms with Crippen molar-refractivity contribution in [3.63, 3.8) is 0 Å². The molecule has 0 N–H and O–H groups in total. The van der Waals surface area contributed by atoms with Gasteiger partial charge in [0.2, 0.25) is 0 Å². The average Bonchev–Trinajstić information content (AvgIpc) is 2.19. The zero-order chi connectivity index (χ0) is 12.8. The van der Waals surface area contributed by atoms with Crippen LogP contribution in [0.1, 0.15) is 45.0 Å². The summed E-state index contributed by atoms with van der Waals surface area (Å²) in [5.41, 5.74) is 1.79. The predicted molar refractivity (Wildman–Crippen MR) is 77.6 cm³/mol. The van der Waals surface area contributed by atoms with E-state index in [1.165, 1.54) is 0 Å². The minimum atomic E-state index is -0.825. The molecule has 1 aromatic rings. The van der Waals surface area contributed by atoms with E-state index in [9.17, 15) is 0 Å².